The highest BCUT2D eigenvalue weighted by molar-refractivity contribution is 6.42. The van der Waals surface area contributed by atoms with Crippen LogP contribution in [0.4, 0.5) is 0 Å². The van der Waals surface area contributed by atoms with Gasteiger partial charge in [0.25, 0.3) is 0 Å². The molecule has 1 fully saturated rings. The first-order valence-electron chi connectivity index (χ1n) is 12.7. The Labute approximate surface area is 229 Å². The topological polar surface area (TPSA) is 56.8 Å². The third kappa shape index (κ3) is 7.05. The highest BCUT2D eigenvalue weighted by Crippen LogP contribution is 2.43. The number of ketones is 1. The van der Waals surface area contributed by atoms with E-state index >= 15 is 0 Å². The molecule has 0 bridgehead atoms. The van der Waals surface area contributed by atoms with Crippen LogP contribution in [0.15, 0.2) is 66.5 Å². The van der Waals surface area contributed by atoms with E-state index in [0.717, 1.165) is 41.5 Å². The van der Waals surface area contributed by atoms with Crippen LogP contribution in [0.3, 0.4) is 0 Å². The molecule has 2 heterocycles. The molecule has 2 unspecified atom stereocenters. The molecule has 0 saturated carbocycles. The zero-order valence-corrected chi connectivity index (χ0v) is 22.9. The third-order valence-corrected chi connectivity index (χ3v) is 7.00. The minimum atomic E-state index is -0.286. The normalized spacial score (nSPS) is 18.2. The molecule has 5 nitrogen and oxygen atoms in total. The molecule has 7 heteroatoms. The van der Waals surface area contributed by atoms with Crippen molar-refractivity contribution in [2.45, 2.75) is 65.0 Å². The van der Waals surface area contributed by atoms with Crippen molar-refractivity contribution in [2.24, 2.45) is 0 Å². The van der Waals surface area contributed by atoms with Gasteiger partial charge < -0.3 is 19.5 Å². The molecule has 2 aliphatic heterocycles. The zero-order valence-electron chi connectivity index (χ0n) is 21.4. The summed E-state index contributed by atoms with van der Waals surface area (Å²) in [5.41, 5.74) is 3.94. The quantitative estimate of drug-likeness (QED) is 0.352. The maximum absolute atomic E-state index is 13.3. The molecular weight excluding hydrogens is 509 g/mol. The number of benzene rings is 2. The minimum absolute atomic E-state index is 0.0167. The van der Waals surface area contributed by atoms with Crippen LogP contribution in [0.5, 0.6) is 5.75 Å². The lowest BCUT2D eigenvalue weighted by molar-refractivity contribution is -0.186. The summed E-state index contributed by atoms with van der Waals surface area (Å²) in [5, 5.41) is 3.91. The van der Waals surface area contributed by atoms with Crippen LogP contribution in [-0.2, 0) is 20.7 Å². The average Bonchev–Trinajstić information content (AvgIpc) is 3.16. The molecule has 37 heavy (non-hydrogen) atoms. The van der Waals surface area contributed by atoms with E-state index in [0.29, 0.717) is 28.0 Å². The van der Waals surface area contributed by atoms with Gasteiger partial charge in [-0.25, -0.2) is 0 Å². The Bertz CT molecular complexity index is 1210. The van der Waals surface area contributed by atoms with E-state index in [1.165, 1.54) is 0 Å². The maximum atomic E-state index is 13.3. The van der Waals surface area contributed by atoms with Gasteiger partial charge in [-0.2, -0.15) is 0 Å². The highest BCUT2D eigenvalue weighted by Gasteiger charge is 2.26. The van der Waals surface area contributed by atoms with E-state index in [1.54, 1.807) is 24.5 Å². The van der Waals surface area contributed by atoms with Crippen molar-refractivity contribution in [1.29, 1.82) is 0 Å². The van der Waals surface area contributed by atoms with E-state index in [4.69, 9.17) is 37.4 Å². The van der Waals surface area contributed by atoms with Gasteiger partial charge >= 0.3 is 0 Å². The van der Waals surface area contributed by atoms with E-state index < -0.39 is 0 Å². The molecule has 0 radical (unpaired) electrons. The second kappa shape index (κ2) is 12.8. The number of allylic oxidation sites excluding steroid dienone is 4. The summed E-state index contributed by atoms with van der Waals surface area (Å²) in [5.74, 6) is 0.657. The van der Waals surface area contributed by atoms with Gasteiger partial charge in [0.1, 0.15) is 5.75 Å². The molecule has 2 aromatic carbocycles. The first kappa shape index (κ1) is 27.5. The molecule has 2 atom stereocenters. The van der Waals surface area contributed by atoms with Crippen molar-refractivity contribution in [3.05, 3.63) is 87.7 Å². The maximum Gasteiger partial charge on any atom is 0.168 e. The Morgan fingerprint density at radius 1 is 1.11 bits per heavy atom. The molecule has 2 aliphatic rings. The van der Waals surface area contributed by atoms with E-state index in [2.05, 4.69) is 5.32 Å². The number of hydrogen-bond acceptors (Lipinski definition) is 5. The summed E-state index contributed by atoms with van der Waals surface area (Å²) in [4.78, 5) is 13.3. The lowest BCUT2D eigenvalue weighted by atomic mass is 9.90. The number of carbonyl (C=O) groups excluding carboxylic acids is 1. The smallest absolute Gasteiger partial charge is 0.168 e. The largest absolute Gasteiger partial charge is 0.490 e. The minimum Gasteiger partial charge on any atom is -0.490 e. The molecule has 1 saturated heterocycles. The van der Waals surface area contributed by atoms with Gasteiger partial charge in [0, 0.05) is 42.1 Å². The number of Topliss-reactive ketones (excluding diaryl/α,β-unsaturated/α-hetero) is 1. The second-order valence-corrected chi connectivity index (χ2v) is 10.3. The predicted octanol–water partition coefficient (Wildman–Crippen LogP) is 7.72. The van der Waals surface area contributed by atoms with Crippen LogP contribution in [0.2, 0.25) is 10.0 Å². The fourth-order valence-corrected chi connectivity index (χ4v) is 4.76. The standard InChI is InChI=1S/C30H33Cl2NO4/c1-19(2)36-30-24(20(3)37-28-9-5-7-15-35-28)12-10-22(17-27(34)23-8-4-6-14-33-18-23)29(30)21-11-13-25(31)26(32)16-21/h4,6,8,10-14,16,18-20,28,33H,5,7,9,15,17H2,1-3H3. The van der Waals surface area contributed by atoms with Crippen molar-refractivity contribution in [2.75, 3.05) is 6.61 Å². The number of carbonyl (C=O) groups is 1. The van der Waals surface area contributed by atoms with Crippen LogP contribution >= 0.6 is 23.2 Å². The van der Waals surface area contributed by atoms with Gasteiger partial charge in [-0.1, -0.05) is 47.5 Å². The van der Waals surface area contributed by atoms with Crippen LogP contribution in [0.1, 0.15) is 57.3 Å². The summed E-state index contributed by atoms with van der Waals surface area (Å²) >= 11 is 12.7. The molecule has 0 aliphatic carbocycles. The first-order chi connectivity index (χ1) is 17.8. The Balaban J connectivity index is 1.79. The first-order valence-corrected chi connectivity index (χ1v) is 13.5. The van der Waals surface area contributed by atoms with Crippen molar-refractivity contribution in [3.8, 4) is 16.9 Å². The van der Waals surface area contributed by atoms with Crippen LogP contribution in [-0.4, -0.2) is 24.8 Å². The Morgan fingerprint density at radius 2 is 1.95 bits per heavy atom. The molecule has 0 aromatic heterocycles. The van der Waals surface area contributed by atoms with Crippen LogP contribution in [0.25, 0.3) is 11.1 Å². The van der Waals surface area contributed by atoms with Gasteiger partial charge in [-0.05, 0) is 75.4 Å². The van der Waals surface area contributed by atoms with Crippen LogP contribution < -0.4 is 10.1 Å². The molecule has 196 valence electrons. The molecule has 2 aromatic rings. The predicted molar refractivity (Wildman–Crippen MR) is 149 cm³/mol. The van der Waals surface area contributed by atoms with E-state index in [1.807, 2.05) is 57.2 Å². The molecule has 0 spiro atoms. The van der Waals surface area contributed by atoms with Crippen LogP contribution in [0, 0.1) is 0 Å². The van der Waals surface area contributed by atoms with Crippen molar-refractivity contribution in [3.63, 3.8) is 0 Å². The highest BCUT2D eigenvalue weighted by atomic mass is 35.5. The fraction of sp³-hybridized carbons (Fsp3) is 0.367. The number of nitrogens with one attached hydrogen (secondary N) is 1. The van der Waals surface area contributed by atoms with Gasteiger partial charge in [-0.3, -0.25) is 4.79 Å². The summed E-state index contributed by atoms with van der Waals surface area (Å²) in [7, 11) is 0. The monoisotopic (exact) mass is 541 g/mol. The molecule has 4 rings (SSSR count). The molecule has 0 amide bonds. The molecule has 1 N–H and O–H groups in total. The Kier molecular flexibility index (Phi) is 9.49. The lowest BCUT2D eigenvalue weighted by Crippen LogP contribution is -2.24. The van der Waals surface area contributed by atoms with E-state index in [9.17, 15) is 4.79 Å². The number of rotatable bonds is 9. The second-order valence-electron chi connectivity index (χ2n) is 9.47. The number of ether oxygens (including phenoxy) is 3. The van der Waals surface area contributed by atoms with Gasteiger partial charge in [0.15, 0.2) is 12.1 Å². The summed E-state index contributed by atoms with van der Waals surface area (Å²) in [6, 6.07) is 9.45. The number of halogens is 2. The van der Waals surface area contributed by atoms with Crippen molar-refractivity contribution < 1.29 is 19.0 Å². The lowest BCUT2D eigenvalue weighted by Gasteiger charge is -2.29. The van der Waals surface area contributed by atoms with Gasteiger partial charge in [0.05, 0.1) is 22.3 Å². The summed E-state index contributed by atoms with van der Waals surface area (Å²) in [6.07, 6.45) is 11.5. The molecular formula is C30H33Cl2NO4. The Morgan fingerprint density at radius 3 is 2.68 bits per heavy atom. The number of hydrogen-bond donors (Lipinski definition) is 1. The average molecular weight is 543 g/mol. The van der Waals surface area contributed by atoms with Gasteiger partial charge in [0.2, 0.25) is 0 Å². The Hall–Kier alpha value is -2.57. The summed E-state index contributed by atoms with van der Waals surface area (Å²) < 4.78 is 18.6. The van der Waals surface area contributed by atoms with Crippen molar-refractivity contribution in [1.82, 2.24) is 5.32 Å². The zero-order chi connectivity index (χ0) is 26.4. The third-order valence-electron chi connectivity index (χ3n) is 6.26. The summed E-state index contributed by atoms with van der Waals surface area (Å²) in [6.45, 7) is 6.67. The van der Waals surface area contributed by atoms with E-state index in [-0.39, 0.29) is 30.7 Å². The SMILES string of the molecule is CC(C)Oc1c(C(C)OC2CCCCO2)ccc(CC(=O)C2=CNC=CC=C2)c1-c1ccc(Cl)c(Cl)c1. The fourth-order valence-electron chi connectivity index (χ4n) is 4.46. The van der Waals surface area contributed by atoms with Crippen molar-refractivity contribution >= 4 is 29.0 Å². The van der Waals surface area contributed by atoms with Gasteiger partial charge in [-0.15, -0.1) is 0 Å².